The van der Waals surface area contributed by atoms with Crippen LogP contribution >= 0.6 is 0 Å². The third kappa shape index (κ3) is 4.28. The highest BCUT2D eigenvalue weighted by atomic mass is 16.5. The number of hydrogen-bond donors (Lipinski definition) is 2. The molecule has 24 heavy (non-hydrogen) atoms. The Kier molecular flexibility index (Phi) is 5.00. The third-order valence-corrected chi connectivity index (χ3v) is 3.67. The zero-order valence-electron chi connectivity index (χ0n) is 13.2. The fourth-order valence-electron chi connectivity index (χ4n) is 2.47. The van der Waals surface area contributed by atoms with E-state index in [0.717, 1.165) is 24.9 Å². The third-order valence-electron chi connectivity index (χ3n) is 3.67. The summed E-state index contributed by atoms with van der Waals surface area (Å²) < 4.78 is 5.32. The van der Waals surface area contributed by atoms with Gasteiger partial charge in [-0.1, -0.05) is 30.4 Å². The van der Waals surface area contributed by atoms with Gasteiger partial charge in [0.15, 0.2) is 12.4 Å². The van der Waals surface area contributed by atoms with Crippen molar-refractivity contribution in [2.24, 2.45) is 5.92 Å². The van der Waals surface area contributed by atoms with Gasteiger partial charge in [-0.15, -0.1) is 0 Å². The molecule has 1 aromatic heterocycles. The monoisotopic (exact) mass is 325 g/mol. The fraction of sp³-hybridized carbons (Fsp3) is 0.294. The summed E-state index contributed by atoms with van der Waals surface area (Å²) in [5, 5.41) is 3.04. The number of esters is 1. The van der Waals surface area contributed by atoms with Gasteiger partial charge in [0.05, 0.1) is 5.92 Å². The van der Waals surface area contributed by atoms with Gasteiger partial charge in [0.1, 0.15) is 0 Å². The standard InChI is InChI=1S/C17H19N5O2/c18-16-20-14(11-24-15(23)12-7-3-1-4-8-12)21-17(22-16)19-13-9-5-2-6-10-13/h1-3,5-6,9-10,12H,4,7-8,11H2,(H3,18,19,20,21,22)/t12-/m1/s1. The summed E-state index contributed by atoms with van der Waals surface area (Å²) in [4.78, 5) is 24.4. The van der Waals surface area contributed by atoms with E-state index in [4.69, 9.17) is 10.5 Å². The normalized spacial score (nSPS) is 16.6. The molecule has 0 amide bonds. The number of benzene rings is 1. The summed E-state index contributed by atoms with van der Waals surface area (Å²) in [5.74, 6) is 0.406. The molecule has 0 radical (unpaired) electrons. The molecule has 7 heteroatoms. The van der Waals surface area contributed by atoms with Crippen molar-refractivity contribution in [2.75, 3.05) is 11.1 Å². The molecule has 1 aromatic carbocycles. The van der Waals surface area contributed by atoms with Gasteiger partial charge >= 0.3 is 5.97 Å². The maximum Gasteiger partial charge on any atom is 0.309 e. The van der Waals surface area contributed by atoms with Crippen molar-refractivity contribution in [3.63, 3.8) is 0 Å². The molecule has 1 aliphatic rings. The van der Waals surface area contributed by atoms with Gasteiger partial charge in [0.2, 0.25) is 11.9 Å². The number of carbonyl (C=O) groups is 1. The summed E-state index contributed by atoms with van der Waals surface area (Å²) in [6, 6.07) is 9.48. The summed E-state index contributed by atoms with van der Waals surface area (Å²) in [6.07, 6.45) is 6.54. The Morgan fingerprint density at radius 1 is 1.21 bits per heavy atom. The van der Waals surface area contributed by atoms with Gasteiger partial charge in [-0.2, -0.15) is 15.0 Å². The van der Waals surface area contributed by atoms with Crippen molar-refractivity contribution >= 4 is 23.6 Å². The maximum absolute atomic E-state index is 12.1. The number of nitrogens with two attached hydrogens (primary N) is 1. The maximum atomic E-state index is 12.1. The first-order valence-electron chi connectivity index (χ1n) is 7.85. The average Bonchev–Trinajstić information content (AvgIpc) is 2.61. The molecule has 0 unspecified atom stereocenters. The molecular weight excluding hydrogens is 306 g/mol. The highest BCUT2D eigenvalue weighted by Gasteiger charge is 2.20. The number of ether oxygens (including phenoxy) is 1. The molecule has 0 saturated carbocycles. The van der Waals surface area contributed by atoms with Crippen LogP contribution in [0.25, 0.3) is 0 Å². The minimum atomic E-state index is -0.226. The van der Waals surface area contributed by atoms with Crippen LogP contribution in [0.4, 0.5) is 17.6 Å². The van der Waals surface area contributed by atoms with Crippen LogP contribution in [0.3, 0.4) is 0 Å². The molecule has 2 aromatic rings. The van der Waals surface area contributed by atoms with Crippen LogP contribution in [0.2, 0.25) is 0 Å². The molecule has 0 spiro atoms. The first kappa shape index (κ1) is 15.9. The predicted molar refractivity (Wildman–Crippen MR) is 90.2 cm³/mol. The SMILES string of the molecule is Nc1nc(COC(=O)[C@@H]2CC=CCC2)nc(Nc2ccccc2)n1. The quantitative estimate of drug-likeness (QED) is 0.643. The van der Waals surface area contributed by atoms with E-state index in [1.54, 1.807) is 0 Å². The smallest absolute Gasteiger partial charge is 0.309 e. The number of nitrogens with one attached hydrogen (secondary N) is 1. The summed E-state index contributed by atoms with van der Waals surface area (Å²) in [6.45, 7) is -0.0186. The number of aromatic nitrogens is 3. The number of carbonyl (C=O) groups excluding carboxylic acids is 1. The lowest BCUT2D eigenvalue weighted by atomic mass is 9.95. The van der Waals surface area contributed by atoms with E-state index in [2.05, 4.69) is 26.3 Å². The Morgan fingerprint density at radius 2 is 2.04 bits per heavy atom. The minimum absolute atomic E-state index is 0.0186. The molecule has 0 bridgehead atoms. The highest BCUT2D eigenvalue weighted by molar-refractivity contribution is 5.72. The number of allylic oxidation sites excluding steroid dienone is 2. The Balaban J connectivity index is 1.63. The predicted octanol–water partition coefficient (Wildman–Crippen LogP) is 2.60. The van der Waals surface area contributed by atoms with Crippen molar-refractivity contribution < 1.29 is 9.53 Å². The molecule has 1 aliphatic carbocycles. The lowest BCUT2D eigenvalue weighted by Gasteiger charge is -2.16. The lowest BCUT2D eigenvalue weighted by Crippen LogP contribution is -2.19. The largest absolute Gasteiger partial charge is 0.457 e. The minimum Gasteiger partial charge on any atom is -0.457 e. The zero-order valence-corrected chi connectivity index (χ0v) is 13.2. The molecule has 3 N–H and O–H groups in total. The molecule has 7 nitrogen and oxygen atoms in total. The topological polar surface area (TPSA) is 103 Å². The van der Waals surface area contributed by atoms with Crippen LogP contribution < -0.4 is 11.1 Å². The molecule has 3 rings (SSSR count). The Labute approximate surface area is 140 Å². The van der Waals surface area contributed by atoms with Crippen molar-refractivity contribution in [3.05, 3.63) is 48.3 Å². The number of anilines is 3. The second-order valence-corrected chi connectivity index (χ2v) is 5.51. The number of nitrogen functional groups attached to an aromatic ring is 1. The molecule has 1 heterocycles. The number of nitrogens with zero attached hydrogens (tertiary/aromatic N) is 3. The molecular formula is C17H19N5O2. The van der Waals surface area contributed by atoms with Gasteiger partial charge in [-0.3, -0.25) is 4.79 Å². The molecule has 0 fully saturated rings. The fourth-order valence-corrected chi connectivity index (χ4v) is 2.47. The van der Waals surface area contributed by atoms with E-state index >= 15 is 0 Å². The molecule has 1 atom stereocenters. The van der Waals surface area contributed by atoms with Crippen LogP contribution in [-0.4, -0.2) is 20.9 Å². The van der Waals surface area contributed by atoms with Crippen LogP contribution in [0.1, 0.15) is 25.1 Å². The second kappa shape index (κ2) is 7.54. The van der Waals surface area contributed by atoms with E-state index in [-0.39, 0.29) is 24.4 Å². The Hall–Kier alpha value is -2.96. The van der Waals surface area contributed by atoms with E-state index < -0.39 is 0 Å². The van der Waals surface area contributed by atoms with Crippen molar-refractivity contribution in [1.29, 1.82) is 0 Å². The van der Waals surface area contributed by atoms with Crippen LogP contribution in [0.5, 0.6) is 0 Å². The molecule has 0 saturated heterocycles. The summed E-state index contributed by atoms with van der Waals surface area (Å²) in [5.41, 5.74) is 6.54. The summed E-state index contributed by atoms with van der Waals surface area (Å²) >= 11 is 0. The van der Waals surface area contributed by atoms with Gasteiger partial charge in [-0.05, 0) is 31.4 Å². The Bertz CT molecular complexity index is 733. The van der Waals surface area contributed by atoms with Crippen LogP contribution in [0.15, 0.2) is 42.5 Å². The van der Waals surface area contributed by atoms with Crippen LogP contribution in [0, 0.1) is 5.92 Å². The summed E-state index contributed by atoms with van der Waals surface area (Å²) in [7, 11) is 0. The molecule has 0 aliphatic heterocycles. The van der Waals surface area contributed by atoms with Crippen LogP contribution in [-0.2, 0) is 16.1 Å². The molecule has 124 valence electrons. The number of hydrogen-bond acceptors (Lipinski definition) is 7. The van der Waals surface area contributed by atoms with Crippen molar-refractivity contribution in [2.45, 2.75) is 25.9 Å². The van der Waals surface area contributed by atoms with Crippen molar-refractivity contribution in [1.82, 2.24) is 15.0 Å². The van der Waals surface area contributed by atoms with E-state index in [9.17, 15) is 4.79 Å². The van der Waals surface area contributed by atoms with E-state index in [0.29, 0.717) is 11.8 Å². The van der Waals surface area contributed by atoms with Gasteiger partial charge in [0, 0.05) is 5.69 Å². The number of rotatable bonds is 5. The van der Waals surface area contributed by atoms with Gasteiger partial charge < -0.3 is 15.8 Å². The highest BCUT2D eigenvalue weighted by Crippen LogP contribution is 2.20. The van der Waals surface area contributed by atoms with E-state index in [1.165, 1.54) is 0 Å². The number of para-hydroxylation sites is 1. The first-order chi connectivity index (χ1) is 11.7. The average molecular weight is 325 g/mol. The lowest BCUT2D eigenvalue weighted by molar-refractivity contribution is -0.150. The van der Waals surface area contributed by atoms with E-state index in [1.807, 2.05) is 36.4 Å². The first-order valence-corrected chi connectivity index (χ1v) is 7.85. The Morgan fingerprint density at radius 3 is 2.79 bits per heavy atom. The zero-order chi connectivity index (χ0) is 16.8. The van der Waals surface area contributed by atoms with Crippen molar-refractivity contribution in [3.8, 4) is 0 Å². The van der Waals surface area contributed by atoms with Gasteiger partial charge in [0.25, 0.3) is 0 Å². The van der Waals surface area contributed by atoms with Gasteiger partial charge in [-0.25, -0.2) is 0 Å². The second-order valence-electron chi connectivity index (χ2n) is 5.51.